The fourth-order valence-electron chi connectivity index (χ4n) is 3.21. The van der Waals surface area contributed by atoms with E-state index in [1.54, 1.807) is 0 Å². The topological polar surface area (TPSA) is 59.2 Å². The molecule has 142 valence electrons. The molecule has 0 saturated carbocycles. The van der Waals surface area contributed by atoms with Crippen LogP contribution in [0.1, 0.15) is 85.9 Å². The molecular weight excluding hydrogens is 314 g/mol. The summed E-state index contributed by atoms with van der Waals surface area (Å²) in [5.41, 5.74) is 0.469. The SMILES string of the molecule is CC(C)(C)c1nnc(CCCC(=O)N2CCC(C)(C(C)(C)C)CC2)o1. The molecule has 1 saturated heterocycles. The summed E-state index contributed by atoms with van der Waals surface area (Å²) in [6.45, 7) is 17.2. The zero-order chi connectivity index (χ0) is 18.9. The van der Waals surface area contributed by atoms with Gasteiger partial charge in [-0.2, -0.15) is 0 Å². The quantitative estimate of drug-likeness (QED) is 0.810. The molecule has 1 aromatic rings. The molecule has 1 aliphatic heterocycles. The molecule has 0 aromatic carbocycles. The highest BCUT2D eigenvalue weighted by Crippen LogP contribution is 2.46. The lowest BCUT2D eigenvalue weighted by Crippen LogP contribution is -2.46. The second-order valence-corrected chi connectivity index (χ2v) is 9.80. The van der Waals surface area contributed by atoms with Crippen molar-refractivity contribution in [1.29, 1.82) is 0 Å². The molecule has 2 rings (SSSR count). The van der Waals surface area contributed by atoms with Crippen molar-refractivity contribution in [3.63, 3.8) is 0 Å². The number of likely N-dealkylation sites (tertiary alicyclic amines) is 1. The number of nitrogens with zero attached hydrogens (tertiary/aromatic N) is 3. The van der Waals surface area contributed by atoms with Crippen LogP contribution >= 0.6 is 0 Å². The Kier molecular flexibility index (Phi) is 5.65. The van der Waals surface area contributed by atoms with Gasteiger partial charge in [0, 0.05) is 31.3 Å². The van der Waals surface area contributed by atoms with Crippen molar-refractivity contribution >= 4 is 5.91 Å². The van der Waals surface area contributed by atoms with Gasteiger partial charge in [0.05, 0.1) is 0 Å². The third-order valence-corrected chi connectivity index (χ3v) is 5.92. The maximum Gasteiger partial charge on any atom is 0.222 e. The summed E-state index contributed by atoms with van der Waals surface area (Å²) < 4.78 is 5.69. The lowest BCUT2D eigenvalue weighted by molar-refractivity contribution is -0.134. The first-order chi connectivity index (χ1) is 11.4. The van der Waals surface area contributed by atoms with Gasteiger partial charge < -0.3 is 9.32 Å². The average molecular weight is 350 g/mol. The number of carbonyl (C=O) groups is 1. The predicted molar refractivity (Wildman–Crippen MR) is 99.3 cm³/mol. The van der Waals surface area contributed by atoms with E-state index in [2.05, 4.69) is 58.7 Å². The molecule has 0 unspecified atom stereocenters. The van der Waals surface area contributed by atoms with Gasteiger partial charge in [-0.05, 0) is 30.1 Å². The molecule has 0 bridgehead atoms. The van der Waals surface area contributed by atoms with E-state index in [0.717, 1.165) is 32.4 Å². The normalized spacial score (nSPS) is 18.4. The zero-order valence-corrected chi connectivity index (χ0v) is 17.1. The third kappa shape index (κ3) is 4.83. The van der Waals surface area contributed by atoms with Gasteiger partial charge in [0.1, 0.15) is 0 Å². The van der Waals surface area contributed by atoms with Gasteiger partial charge in [-0.15, -0.1) is 10.2 Å². The van der Waals surface area contributed by atoms with E-state index in [4.69, 9.17) is 4.42 Å². The van der Waals surface area contributed by atoms with E-state index >= 15 is 0 Å². The third-order valence-electron chi connectivity index (χ3n) is 5.92. The number of rotatable bonds is 4. The molecule has 0 atom stereocenters. The molecule has 25 heavy (non-hydrogen) atoms. The number of hydrogen-bond donors (Lipinski definition) is 0. The summed E-state index contributed by atoms with van der Waals surface area (Å²) in [6.07, 6.45) is 4.15. The Morgan fingerprint density at radius 1 is 1.12 bits per heavy atom. The summed E-state index contributed by atoms with van der Waals surface area (Å²) in [6, 6.07) is 0. The Morgan fingerprint density at radius 2 is 1.72 bits per heavy atom. The largest absolute Gasteiger partial charge is 0.425 e. The fraction of sp³-hybridized carbons (Fsp3) is 0.850. The van der Waals surface area contributed by atoms with Crippen molar-refractivity contribution < 1.29 is 9.21 Å². The lowest BCUT2D eigenvalue weighted by atomic mass is 9.63. The van der Waals surface area contributed by atoms with Crippen LogP contribution in [-0.2, 0) is 16.6 Å². The standard InChI is InChI=1S/C20H35N3O2/c1-18(2,3)17-22-21-15(25-17)9-8-10-16(24)23-13-11-20(7,12-14-23)19(4,5)6/h8-14H2,1-7H3. The Labute approximate surface area is 152 Å². The van der Waals surface area contributed by atoms with Crippen molar-refractivity contribution in [2.75, 3.05) is 13.1 Å². The minimum absolute atomic E-state index is 0.130. The highest BCUT2D eigenvalue weighted by molar-refractivity contribution is 5.76. The van der Waals surface area contributed by atoms with Gasteiger partial charge in [-0.3, -0.25) is 4.79 Å². The van der Waals surface area contributed by atoms with Gasteiger partial charge in [0.2, 0.25) is 17.7 Å². The van der Waals surface area contributed by atoms with Gasteiger partial charge >= 0.3 is 0 Å². The van der Waals surface area contributed by atoms with E-state index in [1.165, 1.54) is 0 Å². The minimum atomic E-state index is -0.130. The molecular formula is C20H35N3O2. The summed E-state index contributed by atoms with van der Waals surface area (Å²) in [5, 5.41) is 8.20. The van der Waals surface area contributed by atoms with E-state index in [1.807, 2.05) is 4.90 Å². The van der Waals surface area contributed by atoms with Gasteiger partial charge in [-0.25, -0.2) is 0 Å². The molecule has 0 aliphatic carbocycles. The first kappa shape index (κ1) is 19.9. The second-order valence-electron chi connectivity index (χ2n) is 9.80. The predicted octanol–water partition coefficient (Wildman–Crippen LogP) is 4.36. The molecule has 0 radical (unpaired) electrons. The number of carbonyl (C=O) groups excluding carboxylic acids is 1. The van der Waals surface area contributed by atoms with Crippen LogP contribution in [0.25, 0.3) is 0 Å². The highest BCUT2D eigenvalue weighted by Gasteiger charge is 2.40. The molecule has 1 fully saturated rings. The molecule has 1 aromatic heterocycles. The molecule has 2 heterocycles. The Bertz CT molecular complexity index is 585. The number of aryl methyl sites for hydroxylation is 1. The van der Waals surface area contributed by atoms with Crippen LogP contribution in [0.4, 0.5) is 0 Å². The second kappa shape index (κ2) is 7.08. The van der Waals surface area contributed by atoms with Crippen molar-refractivity contribution in [3.05, 3.63) is 11.8 Å². The van der Waals surface area contributed by atoms with Gasteiger partial charge in [0.15, 0.2) is 0 Å². The van der Waals surface area contributed by atoms with Crippen molar-refractivity contribution in [1.82, 2.24) is 15.1 Å². The highest BCUT2D eigenvalue weighted by atomic mass is 16.4. The van der Waals surface area contributed by atoms with Crippen LogP contribution in [0.5, 0.6) is 0 Å². The molecule has 0 spiro atoms. The average Bonchev–Trinajstić information content (AvgIpc) is 2.96. The summed E-state index contributed by atoms with van der Waals surface area (Å²) in [7, 11) is 0. The fourth-order valence-corrected chi connectivity index (χ4v) is 3.21. The van der Waals surface area contributed by atoms with E-state index in [-0.39, 0.29) is 16.7 Å². The van der Waals surface area contributed by atoms with Crippen molar-refractivity contribution in [2.45, 2.75) is 86.0 Å². The summed E-state index contributed by atoms with van der Waals surface area (Å²) in [5.74, 6) is 1.55. The van der Waals surface area contributed by atoms with Crippen LogP contribution in [0, 0.1) is 10.8 Å². The Morgan fingerprint density at radius 3 is 2.20 bits per heavy atom. The van der Waals surface area contributed by atoms with Crippen LogP contribution in [0.2, 0.25) is 0 Å². The Hall–Kier alpha value is -1.39. The van der Waals surface area contributed by atoms with Crippen molar-refractivity contribution in [3.8, 4) is 0 Å². The zero-order valence-electron chi connectivity index (χ0n) is 17.1. The molecule has 0 N–H and O–H groups in total. The maximum atomic E-state index is 12.5. The summed E-state index contributed by atoms with van der Waals surface area (Å²) in [4.78, 5) is 14.5. The Balaban J connectivity index is 1.77. The van der Waals surface area contributed by atoms with Crippen LogP contribution < -0.4 is 0 Å². The van der Waals surface area contributed by atoms with Gasteiger partial charge in [0.25, 0.3) is 0 Å². The number of aromatic nitrogens is 2. The first-order valence-corrected chi connectivity index (χ1v) is 9.53. The van der Waals surface area contributed by atoms with Crippen LogP contribution in [-0.4, -0.2) is 34.1 Å². The van der Waals surface area contributed by atoms with Crippen molar-refractivity contribution in [2.24, 2.45) is 10.8 Å². The van der Waals surface area contributed by atoms with E-state index in [9.17, 15) is 4.79 Å². The minimum Gasteiger partial charge on any atom is -0.425 e. The van der Waals surface area contributed by atoms with Crippen LogP contribution in [0.15, 0.2) is 4.42 Å². The number of hydrogen-bond acceptors (Lipinski definition) is 4. The molecule has 1 amide bonds. The maximum absolute atomic E-state index is 12.5. The molecule has 5 heteroatoms. The lowest BCUT2D eigenvalue weighted by Gasteiger charge is -2.47. The van der Waals surface area contributed by atoms with E-state index in [0.29, 0.717) is 30.0 Å². The smallest absolute Gasteiger partial charge is 0.222 e. The first-order valence-electron chi connectivity index (χ1n) is 9.53. The number of amides is 1. The molecule has 5 nitrogen and oxygen atoms in total. The molecule has 1 aliphatic rings. The van der Waals surface area contributed by atoms with E-state index < -0.39 is 0 Å². The summed E-state index contributed by atoms with van der Waals surface area (Å²) >= 11 is 0. The van der Waals surface area contributed by atoms with Gasteiger partial charge in [-0.1, -0.05) is 48.5 Å². The number of piperidine rings is 1. The van der Waals surface area contributed by atoms with Crippen LogP contribution in [0.3, 0.4) is 0 Å². The monoisotopic (exact) mass is 349 g/mol.